The Hall–Kier alpha value is -2.56. The van der Waals surface area contributed by atoms with Crippen LogP contribution in [0.3, 0.4) is 0 Å². The summed E-state index contributed by atoms with van der Waals surface area (Å²) in [5.41, 5.74) is 0.570. The van der Waals surface area contributed by atoms with Crippen LogP contribution in [0.25, 0.3) is 0 Å². The first-order valence-corrected chi connectivity index (χ1v) is 10.7. The normalized spacial score (nSPS) is 18.3. The number of hydrogen-bond donors (Lipinski definition) is 2. The highest BCUT2D eigenvalue weighted by molar-refractivity contribution is 8.26. The lowest BCUT2D eigenvalue weighted by atomic mass is 10.1. The van der Waals surface area contributed by atoms with Crippen molar-refractivity contribution in [2.24, 2.45) is 0 Å². The van der Waals surface area contributed by atoms with Crippen molar-refractivity contribution in [3.63, 3.8) is 0 Å². The molecule has 1 aliphatic heterocycles. The second kappa shape index (κ2) is 10.4. The van der Waals surface area contributed by atoms with Gasteiger partial charge in [-0.2, -0.15) is 13.2 Å². The van der Waals surface area contributed by atoms with E-state index in [1.54, 1.807) is 25.1 Å². The number of carbonyl (C=O) groups excluding carboxylic acids is 2. The Morgan fingerprint density at radius 1 is 1.16 bits per heavy atom. The summed E-state index contributed by atoms with van der Waals surface area (Å²) in [6.45, 7) is 2.02. The van der Waals surface area contributed by atoms with Gasteiger partial charge in [0.2, 0.25) is 5.12 Å². The van der Waals surface area contributed by atoms with E-state index >= 15 is 0 Å². The van der Waals surface area contributed by atoms with Crippen LogP contribution in [0, 0.1) is 0 Å². The van der Waals surface area contributed by atoms with Crippen molar-refractivity contribution in [3.05, 3.63) is 65.2 Å². The molecule has 1 aliphatic rings. The Balaban J connectivity index is 1.52. The maximum absolute atomic E-state index is 13.0. The first-order chi connectivity index (χ1) is 15.2. The van der Waals surface area contributed by atoms with E-state index in [1.807, 2.05) is 12.1 Å². The quantitative estimate of drug-likeness (QED) is 0.535. The fourth-order valence-corrected chi connectivity index (χ4v) is 3.91. The molecular weight excluding hydrogens is 445 g/mol. The first kappa shape index (κ1) is 24.1. The summed E-state index contributed by atoms with van der Waals surface area (Å²) in [6, 6.07) is 11.6. The Morgan fingerprint density at radius 3 is 2.47 bits per heavy atom. The van der Waals surface area contributed by atoms with Gasteiger partial charge in [0, 0.05) is 31.8 Å². The third kappa shape index (κ3) is 6.47. The van der Waals surface area contributed by atoms with Gasteiger partial charge in [0.05, 0.1) is 11.7 Å². The predicted molar refractivity (Wildman–Crippen MR) is 114 cm³/mol. The fourth-order valence-electron chi connectivity index (χ4n) is 3.24. The Labute approximate surface area is 187 Å². The van der Waals surface area contributed by atoms with E-state index in [9.17, 15) is 22.8 Å². The number of benzene rings is 2. The molecule has 0 bridgehead atoms. The highest BCUT2D eigenvalue weighted by Gasteiger charge is 2.32. The van der Waals surface area contributed by atoms with Crippen molar-refractivity contribution in [2.75, 3.05) is 13.7 Å². The number of carbonyl (C=O) groups is 2. The van der Waals surface area contributed by atoms with Crippen LogP contribution in [0.1, 0.15) is 29.7 Å². The minimum atomic E-state index is -4.42. The maximum Gasteiger partial charge on any atom is 0.416 e. The van der Waals surface area contributed by atoms with E-state index < -0.39 is 30.1 Å². The molecule has 10 heteroatoms. The molecule has 0 aliphatic carbocycles. The number of hydrogen-bond acceptors (Lipinski definition) is 6. The van der Waals surface area contributed by atoms with Gasteiger partial charge in [-0.25, -0.2) is 0 Å². The van der Waals surface area contributed by atoms with Crippen molar-refractivity contribution in [3.8, 4) is 5.75 Å². The molecule has 3 rings (SSSR count). The van der Waals surface area contributed by atoms with Crippen LogP contribution in [-0.2, 0) is 22.1 Å². The molecule has 1 saturated heterocycles. The molecule has 2 aromatic rings. The van der Waals surface area contributed by atoms with E-state index in [0.29, 0.717) is 29.5 Å². The van der Waals surface area contributed by atoms with Crippen LogP contribution < -0.4 is 15.4 Å². The van der Waals surface area contributed by atoms with E-state index in [1.165, 1.54) is 13.2 Å². The number of amides is 1. The topological polar surface area (TPSA) is 76.7 Å². The molecule has 0 spiro atoms. The largest absolute Gasteiger partial charge is 0.476 e. The molecule has 1 fully saturated rings. The summed E-state index contributed by atoms with van der Waals surface area (Å²) < 4.78 is 50.0. The fraction of sp³-hybridized carbons (Fsp3) is 0.364. The predicted octanol–water partition coefficient (Wildman–Crippen LogP) is 4.30. The summed E-state index contributed by atoms with van der Waals surface area (Å²) in [5.74, 6) is 0.581. The molecule has 0 radical (unpaired) electrons. The summed E-state index contributed by atoms with van der Waals surface area (Å²) in [7, 11) is 1.44. The zero-order valence-electron chi connectivity index (χ0n) is 17.4. The highest BCUT2D eigenvalue weighted by Crippen LogP contribution is 2.31. The molecule has 1 amide bonds. The second-order valence-corrected chi connectivity index (χ2v) is 8.25. The van der Waals surface area contributed by atoms with Crippen molar-refractivity contribution >= 4 is 22.1 Å². The third-order valence-corrected chi connectivity index (χ3v) is 5.70. The van der Waals surface area contributed by atoms with E-state index in [0.717, 1.165) is 17.7 Å². The number of thioether (sulfide) groups is 1. The van der Waals surface area contributed by atoms with E-state index in [2.05, 4.69) is 10.6 Å². The average molecular weight is 468 g/mol. The van der Waals surface area contributed by atoms with Gasteiger partial charge in [0.1, 0.15) is 18.0 Å². The lowest BCUT2D eigenvalue weighted by Gasteiger charge is -2.22. The molecule has 0 aromatic heterocycles. The van der Waals surface area contributed by atoms with Crippen LogP contribution in [0.4, 0.5) is 18.0 Å². The molecule has 172 valence electrons. The molecule has 3 unspecified atom stereocenters. The second-order valence-electron chi connectivity index (χ2n) is 7.27. The van der Waals surface area contributed by atoms with Crippen molar-refractivity contribution in [1.82, 2.24) is 10.6 Å². The smallest absolute Gasteiger partial charge is 0.416 e. The number of alkyl halides is 3. The zero-order valence-corrected chi connectivity index (χ0v) is 18.3. The molecule has 2 N–H and O–H groups in total. The number of halogens is 3. The van der Waals surface area contributed by atoms with E-state index in [-0.39, 0.29) is 16.9 Å². The van der Waals surface area contributed by atoms with Crippen LogP contribution in [0.5, 0.6) is 5.75 Å². The molecule has 2 aromatic carbocycles. The minimum absolute atomic E-state index is 0.193. The molecule has 3 atom stereocenters. The maximum atomic E-state index is 13.0. The van der Waals surface area contributed by atoms with Crippen LogP contribution in [0.2, 0.25) is 0 Å². The standard InChI is InChI=1S/C22H23F3N2O4S/c1-13(26-12-19(30-2)15-4-3-5-16(11-15)22(23,24)25)31-17-8-6-14(7-9-17)10-18-20(28)32-21(29)27-18/h3-9,11,13,18-19,26H,10,12H2,1-2H3,(H,27,29). The first-order valence-electron chi connectivity index (χ1n) is 9.87. The Bertz CT molecular complexity index is 953. The van der Waals surface area contributed by atoms with Crippen LogP contribution in [-0.4, -0.2) is 36.3 Å². The average Bonchev–Trinajstić information content (AvgIpc) is 3.06. The van der Waals surface area contributed by atoms with Gasteiger partial charge in [0.25, 0.3) is 5.24 Å². The summed E-state index contributed by atoms with van der Waals surface area (Å²) in [4.78, 5) is 23.0. The number of ether oxygens (including phenoxy) is 2. The summed E-state index contributed by atoms with van der Waals surface area (Å²) >= 11 is 0.681. The summed E-state index contributed by atoms with van der Waals surface area (Å²) in [6.07, 6.45) is -5.03. The Morgan fingerprint density at radius 2 is 1.88 bits per heavy atom. The van der Waals surface area contributed by atoms with E-state index in [4.69, 9.17) is 9.47 Å². The van der Waals surface area contributed by atoms with Crippen molar-refractivity contribution in [2.45, 2.75) is 37.9 Å². The van der Waals surface area contributed by atoms with Gasteiger partial charge < -0.3 is 14.8 Å². The van der Waals surface area contributed by atoms with Crippen LogP contribution in [0.15, 0.2) is 48.5 Å². The van der Waals surface area contributed by atoms with Crippen LogP contribution >= 0.6 is 11.8 Å². The molecule has 32 heavy (non-hydrogen) atoms. The van der Waals surface area contributed by atoms with Gasteiger partial charge in [-0.3, -0.25) is 14.9 Å². The molecular formula is C22H23F3N2O4S. The molecule has 6 nitrogen and oxygen atoms in total. The monoisotopic (exact) mass is 468 g/mol. The lowest BCUT2D eigenvalue weighted by Crippen LogP contribution is -2.35. The van der Waals surface area contributed by atoms with Gasteiger partial charge in [-0.15, -0.1) is 0 Å². The Kier molecular flexibility index (Phi) is 7.81. The van der Waals surface area contributed by atoms with Gasteiger partial charge in [-0.1, -0.05) is 24.3 Å². The number of rotatable bonds is 9. The van der Waals surface area contributed by atoms with Crippen molar-refractivity contribution in [1.29, 1.82) is 0 Å². The molecule has 0 saturated carbocycles. The number of methoxy groups -OCH3 is 1. The highest BCUT2D eigenvalue weighted by atomic mass is 32.2. The van der Waals surface area contributed by atoms with Gasteiger partial charge in [0.15, 0.2) is 0 Å². The molecule has 1 heterocycles. The number of nitrogens with one attached hydrogen (secondary N) is 2. The minimum Gasteiger partial charge on any atom is -0.476 e. The van der Waals surface area contributed by atoms with Crippen molar-refractivity contribution < 1.29 is 32.2 Å². The SMILES string of the molecule is COC(CNC(C)Oc1ccc(CC2NC(=O)SC2=O)cc1)c1cccc(C(F)(F)F)c1. The zero-order chi connectivity index (χ0) is 23.3. The lowest BCUT2D eigenvalue weighted by molar-refractivity contribution is -0.137. The van der Waals surface area contributed by atoms with Gasteiger partial charge >= 0.3 is 6.18 Å². The third-order valence-electron chi connectivity index (χ3n) is 4.91. The van der Waals surface area contributed by atoms with Gasteiger partial charge in [-0.05, 0) is 42.3 Å². The summed E-state index contributed by atoms with van der Waals surface area (Å²) in [5, 5.41) is 5.19.